The molecule has 0 aliphatic carbocycles. The zero-order valence-corrected chi connectivity index (χ0v) is 13.4. The van der Waals surface area contributed by atoms with Crippen molar-refractivity contribution < 1.29 is 0 Å². The predicted molar refractivity (Wildman–Crippen MR) is 85.4 cm³/mol. The van der Waals surface area contributed by atoms with E-state index in [1.54, 1.807) is 22.5 Å². The smallest absolute Gasteiger partial charge is 0.328 e. The van der Waals surface area contributed by atoms with Gasteiger partial charge in [0.2, 0.25) is 0 Å². The average molecular weight is 305 g/mol. The molecule has 0 aromatic carbocycles. The number of piperidine rings is 1. The fourth-order valence-corrected chi connectivity index (χ4v) is 3.22. The minimum Gasteiger partial charge on any atom is -0.328 e. The van der Waals surface area contributed by atoms with Crippen LogP contribution in [0.5, 0.6) is 0 Å². The molecule has 2 aromatic heterocycles. The number of imidazole rings is 1. The lowest BCUT2D eigenvalue weighted by Crippen LogP contribution is -2.46. The topological polar surface area (TPSA) is 73.8 Å². The molecule has 1 N–H and O–H groups in total. The molecule has 1 fully saturated rings. The summed E-state index contributed by atoms with van der Waals surface area (Å²) in [6.07, 6.45) is 4.03. The molecule has 0 spiro atoms. The summed E-state index contributed by atoms with van der Waals surface area (Å²) in [5.41, 5.74) is 0.569. The van der Waals surface area contributed by atoms with Crippen LogP contribution in [0.2, 0.25) is 0 Å². The normalized spacial score (nSPS) is 18.0. The highest BCUT2D eigenvalue weighted by Gasteiger charge is 2.25. The summed E-state index contributed by atoms with van der Waals surface area (Å²) in [5.74, 6) is 0. The Bertz CT molecular complexity index is 795. The summed E-state index contributed by atoms with van der Waals surface area (Å²) in [6.45, 7) is 5.70. The lowest BCUT2D eigenvalue weighted by Gasteiger charge is -2.26. The van der Waals surface area contributed by atoms with Gasteiger partial charge in [-0.3, -0.25) is 13.9 Å². The van der Waals surface area contributed by atoms with Gasteiger partial charge in [-0.25, -0.2) is 9.78 Å². The highest BCUT2D eigenvalue weighted by atomic mass is 16.2. The molecule has 3 rings (SSSR count). The Morgan fingerprint density at radius 3 is 2.68 bits per heavy atom. The molecule has 1 aliphatic heterocycles. The number of aryl methyl sites for hydroxylation is 1. The zero-order valence-electron chi connectivity index (χ0n) is 13.4. The molecule has 7 heteroatoms. The van der Waals surface area contributed by atoms with Gasteiger partial charge in [-0.05, 0) is 39.3 Å². The van der Waals surface area contributed by atoms with Crippen LogP contribution in [0.25, 0.3) is 11.2 Å². The van der Waals surface area contributed by atoms with Crippen molar-refractivity contribution in [2.45, 2.75) is 45.2 Å². The van der Waals surface area contributed by atoms with Gasteiger partial charge in [-0.15, -0.1) is 0 Å². The molecule has 0 saturated carbocycles. The minimum atomic E-state index is -0.225. The van der Waals surface area contributed by atoms with Crippen LogP contribution in [0.3, 0.4) is 0 Å². The summed E-state index contributed by atoms with van der Waals surface area (Å²) in [4.78, 5) is 30.1. The highest BCUT2D eigenvalue weighted by Crippen LogP contribution is 2.18. The Labute approximate surface area is 128 Å². The highest BCUT2D eigenvalue weighted by molar-refractivity contribution is 5.70. The fraction of sp³-hybridized carbons (Fsp3) is 0.667. The van der Waals surface area contributed by atoms with E-state index in [0.717, 1.165) is 32.4 Å². The molecule has 1 atom stereocenters. The summed E-state index contributed by atoms with van der Waals surface area (Å²) in [7, 11) is 1.80. The number of aromatic nitrogens is 4. The van der Waals surface area contributed by atoms with Crippen LogP contribution in [0.1, 0.15) is 45.2 Å². The van der Waals surface area contributed by atoms with Gasteiger partial charge in [0.05, 0.1) is 6.33 Å². The molecule has 1 unspecified atom stereocenters. The van der Waals surface area contributed by atoms with E-state index >= 15 is 0 Å². The van der Waals surface area contributed by atoms with Crippen molar-refractivity contribution in [3.8, 4) is 0 Å². The van der Waals surface area contributed by atoms with Crippen molar-refractivity contribution in [3.63, 3.8) is 0 Å². The number of rotatable bonds is 3. The first kappa shape index (κ1) is 15.0. The second kappa shape index (κ2) is 5.72. The van der Waals surface area contributed by atoms with E-state index in [0.29, 0.717) is 11.2 Å². The number of nitrogens with one attached hydrogen (secondary N) is 1. The van der Waals surface area contributed by atoms with Crippen LogP contribution < -0.4 is 16.6 Å². The Hall–Kier alpha value is -1.89. The molecule has 7 nitrogen and oxygen atoms in total. The van der Waals surface area contributed by atoms with E-state index < -0.39 is 0 Å². The van der Waals surface area contributed by atoms with Crippen LogP contribution in [0.4, 0.5) is 0 Å². The van der Waals surface area contributed by atoms with Crippen LogP contribution in [0, 0.1) is 0 Å². The van der Waals surface area contributed by atoms with Gasteiger partial charge in [-0.2, -0.15) is 0 Å². The number of hydrogen-bond acceptors (Lipinski definition) is 4. The SMILES string of the molecule is CCC(C)n1c(=O)n(C2CCNCC2)c(=O)c2c1ncn2C. The predicted octanol–water partition coefficient (Wildman–Crippen LogP) is 0.792. The summed E-state index contributed by atoms with van der Waals surface area (Å²) in [5, 5.41) is 3.27. The summed E-state index contributed by atoms with van der Waals surface area (Å²) >= 11 is 0. The van der Waals surface area contributed by atoms with Crippen LogP contribution in [-0.2, 0) is 7.05 Å². The molecule has 22 heavy (non-hydrogen) atoms. The van der Waals surface area contributed by atoms with Crippen molar-refractivity contribution in [2.75, 3.05) is 13.1 Å². The summed E-state index contributed by atoms with van der Waals surface area (Å²) < 4.78 is 4.85. The quantitative estimate of drug-likeness (QED) is 0.910. The van der Waals surface area contributed by atoms with Gasteiger partial charge >= 0.3 is 5.69 Å². The van der Waals surface area contributed by atoms with E-state index in [-0.39, 0.29) is 23.3 Å². The number of hydrogen-bond donors (Lipinski definition) is 1. The van der Waals surface area contributed by atoms with Gasteiger partial charge in [0.1, 0.15) is 0 Å². The zero-order chi connectivity index (χ0) is 15.9. The molecular weight excluding hydrogens is 282 g/mol. The first-order valence-electron chi connectivity index (χ1n) is 7.95. The van der Waals surface area contributed by atoms with Crippen molar-refractivity contribution in [1.29, 1.82) is 0 Å². The molecule has 3 heterocycles. The van der Waals surface area contributed by atoms with Crippen LogP contribution in [0.15, 0.2) is 15.9 Å². The number of nitrogens with zero attached hydrogens (tertiary/aromatic N) is 4. The molecular formula is C15H23N5O2. The minimum absolute atomic E-state index is 0.0125. The summed E-state index contributed by atoms with van der Waals surface area (Å²) in [6, 6.07) is -0.0191. The van der Waals surface area contributed by atoms with Gasteiger partial charge in [0.25, 0.3) is 5.56 Å². The van der Waals surface area contributed by atoms with Gasteiger partial charge in [-0.1, -0.05) is 6.92 Å². The first-order chi connectivity index (χ1) is 10.6. The van der Waals surface area contributed by atoms with Crippen LogP contribution >= 0.6 is 0 Å². The lowest BCUT2D eigenvalue weighted by molar-refractivity contribution is 0.339. The van der Waals surface area contributed by atoms with Gasteiger partial charge in [0, 0.05) is 19.1 Å². The second-order valence-corrected chi connectivity index (χ2v) is 6.09. The van der Waals surface area contributed by atoms with E-state index in [9.17, 15) is 9.59 Å². The third kappa shape index (κ3) is 2.20. The Morgan fingerprint density at radius 1 is 1.36 bits per heavy atom. The number of fused-ring (bicyclic) bond motifs is 1. The molecule has 1 saturated heterocycles. The van der Waals surface area contributed by atoms with Crippen molar-refractivity contribution >= 4 is 11.2 Å². The van der Waals surface area contributed by atoms with Crippen molar-refractivity contribution in [2.24, 2.45) is 7.05 Å². The van der Waals surface area contributed by atoms with Crippen molar-refractivity contribution in [3.05, 3.63) is 27.2 Å². The molecule has 0 amide bonds. The van der Waals surface area contributed by atoms with E-state index in [1.165, 1.54) is 4.57 Å². The maximum Gasteiger partial charge on any atom is 0.333 e. The average Bonchev–Trinajstić information content (AvgIpc) is 2.90. The maximum absolute atomic E-state index is 13.0. The van der Waals surface area contributed by atoms with Gasteiger partial charge < -0.3 is 9.88 Å². The Kier molecular flexibility index (Phi) is 3.90. The molecule has 2 aromatic rings. The largest absolute Gasteiger partial charge is 0.333 e. The standard InChI is InChI=1S/C15H23N5O2/c1-4-10(2)19-13-12(18(3)9-17-13)14(21)20(15(19)22)11-5-7-16-8-6-11/h9-11,16H,4-8H2,1-3H3. The Balaban J connectivity index is 2.34. The van der Waals surface area contributed by atoms with Gasteiger partial charge in [0.15, 0.2) is 11.2 Å². The monoisotopic (exact) mass is 305 g/mol. The fourth-order valence-electron chi connectivity index (χ4n) is 3.22. The molecule has 0 radical (unpaired) electrons. The van der Waals surface area contributed by atoms with E-state index in [4.69, 9.17) is 0 Å². The third-order valence-electron chi connectivity index (χ3n) is 4.68. The maximum atomic E-state index is 13.0. The van der Waals surface area contributed by atoms with E-state index in [1.807, 2.05) is 13.8 Å². The first-order valence-corrected chi connectivity index (χ1v) is 7.95. The molecule has 1 aliphatic rings. The van der Waals surface area contributed by atoms with Crippen LogP contribution in [-0.4, -0.2) is 31.8 Å². The Morgan fingerprint density at radius 2 is 2.05 bits per heavy atom. The third-order valence-corrected chi connectivity index (χ3v) is 4.68. The van der Waals surface area contributed by atoms with E-state index in [2.05, 4.69) is 10.3 Å². The second-order valence-electron chi connectivity index (χ2n) is 6.09. The lowest BCUT2D eigenvalue weighted by atomic mass is 10.1. The van der Waals surface area contributed by atoms with Crippen molar-refractivity contribution in [1.82, 2.24) is 24.0 Å². The molecule has 120 valence electrons. The molecule has 0 bridgehead atoms.